The molecule has 0 saturated heterocycles. The second kappa shape index (κ2) is 7.99. The molecule has 4 nitrogen and oxygen atoms in total. The lowest BCUT2D eigenvalue weighted by Gasteiger charge is -2.03. The molecule has 4 heteroatoms. The van der Waals surface area contributed by atoms with Gasteiger partial charge in [0.05, 0.1) is 6.61 Å². The second-order valence-electron chi connectivity index (χ2n) is 5.86. The van der Waals surface area contributed by atoms with Crippen molar-refractivity contribution in [1.82, 2.24) is 9.88 Å². The number of amides is 1. The van der Waals surface area contributed by atoms with Gasteiger partial charge in [0.2, 0.25) is 5.91 Å². The van der Waals surface area contributed by atoms with Crippen LogP contribution in [0.25, 0.3) is 27.9 Å². The minimum Gasteiger partial charge on any atom is -0.380 e. The summed E-state index contributed by atoms with van der Waals surface area (Å²) in [5, 5.41) is 5.28. The lowest BCUT2D eigenvalue weighted by atomic mass is 10.1. The van der Waals surface area contributed by atoms with Gasteiger partial charge in [-0.25, -0.2) is 0 Å². The van der Waals surface area contributed by atoms with E-state index in [0.717, 1.165) is 12.1 Å². The molecule has 1 amide bonds. The van der Waals surface area contributed by atoms with E-state index >= 15 is 0 Å². The Kier molecular flexibility index (Phi) is 5.51. The molecule has 0 saturated carbocycles. The standard InChI is InChI=1S/C21H24N2O2/c1-3-23-19-8-6-5-7-17(19)18-15-16(9-11-20(18)23)10-12-21(24)22-13-14-25-4-2/h5-12,15H,3-4,13-14H2,1-2H3,(H,22,24)/b12-10+. The maximum Gasteiger partial charge on any atom is 0.244 e. The zero-order chi connectivity index (χ0) is 17.6. The number of carbonyl (C=O) groups excluding carboxylic acids is 1. The normalized spacial score (nSPS) is 11.6. The van der Waals surface area contributed by atoms with E-state index in [1.165, 1.54) is 21.8 Å². The molecule has 0 radical (unpaired) electrons. The molecule has 130 valence electrons. The van der Waals surface area contributed by atoms with Gasteiger partial charge in [0.15, 0.2) is 0 Å². The quantitative estimate of drug-likeness (QED) is 0.524. The number of carbonyl (C=O) groups is 1. The predicted octanol–water partition coefficient (Wildman–Crippen LogP) is 3.98. The van der Waals surface area contributed by atoms with Crippen molar-refractivity contribution >= 4 is 33.8 Å². The van der Waals surface area contributed by atoms with E-state index in [1.54, 1.807) is 6.08 Å². The molecule has 0 aliphatic heterocycles. The molecule has 0 aliphatic carbocycles. The van der Waals surface area contributed by atoms with Crippen LogP contribution in [0.15, 0.2) is 48.5 Å². The number of nitrogens with one attached hydrogen (secondary N) is 1. The first-order valence-electron chi connectivity index (χ1n) is 8.79. The van der Waals surface area contributed by atoms with E-state index in [9.17, 15) is 4.79 Å². The number of para-hydroxylation sites is 1. The zero-order valence-electron chi connectivity index (χ0n) is 14.8. The first kappa shape index (κ1) is 17.2. The molecule has 25 heavy (non-hydrogen) atoms. The van der Waals surface area contributed by atoms with E-state index in [-0.39, 0.29) is 5.91 Å². The average molecular weight is 336 g/mol. The molecule has 3 rings (SSSR count). The summed E-state index contributed by atoms with van der Waals surface area (Å²) in [5.74, 6) is -0.101. The van der Waals surface area contributed by atoms with Crippen LogP contribution in [0.5, 0.6) is 0 Å². The highest BCUT2D eigenvalue weighted by atomic mass is 16.5. The number of hydrogen-bond acceptors (Lipinski definition) is 2. The van der Waals surface area contributed by atoms with E-state index in [4.69, 9.17) is 4.74 Å². The van der Waals surface area contributed by atoms with Gasteiger partial charge in [-0.1, -0.05) is 24.3 Å². The van der Waals surface area contributed by atoms with Gasteiger partial charge >= 0.3 is 0 Å². The SMILES string of the molecule is CCOCCNC(=O)/C=C/c1ccc2c(c1)c1ccccc1n2CC. The molecule has 0 unspecified atom stereocenters. The van der Waals surface area contributed by atoms with Crippen molar-refractivity contribution in [1.29, 1.82) is 0 Å². The summed E-state index contributed by atoms with van der Waals surface area (Å²) in [6, 6.07) is 14.8. The molecular weight excluding hydrogens is 312 g/mol. The minimum atomic E-state index is -0.101. The molecule has 0 spiro atoms. The molecule has 1 aromatic heterocycles. The smallest absolute Gasteiger partial charge is 0.244 e. The summed E-state index contributed by atoms with van der Waals surface area (Å²) >= 11 is 0. The van der Waals surface area contributed by atoms with Gasteiger partial charge in [0.25, 0.3) is 0 Å². The highest BCUT2D eigenvalue weighted by Gasteiger charge is 2.08. The van der Waals surface area contributed by atoms with Crippen LogP contribution >= 0.6 is 0 Å². The van der Waals surface area contributed by atoms with Crippen molar-refractivity contribution in [3.63, 3.8) is 0 Å². The summed E-state index contributed by atoms with van der Waals surface area (Å²) in [5.41, 5.74) is 3.49. The highest BCUT2D eigenvalue weighted by molar-refractivity contribution is 6.08. The Hall–Kier alpha value is -2.59. The summed E-state index contributed by atoms with van der Waals surface area (Å²) in [6.07, 6.45) is 3.43. The number of aryl methyl sites for hydroxylation is 1. The van der Waals surface area contributed by atoms with Crippen molar-refractivity contribution in [2.24, 2.45) is 0 Å². The van der Waals surface area contributed by atoms with E-state index < -0.39 is 0 Å². The van der Waals surface area contributed by atoms with Gasteiger partial charge in [0, 0.05) is 47.6 Å². The van der Waals surface area contributed by atoms with Crippen LogP contribution in [-0.2, 0) is 16.1 Å². The third-order valence-electron chi connectivity index (χ3n) is 4.29. The Labute approximate surface area is 148 Å². The molecule has 0 aliphatic rings. The summed E-state index contributed by atoms with van der Waals surface area (Å²) in [4.78, 5) is 11.8. The van der Waals surface area contributed by atoms with Crippen LogP contribution in [0.1, 0.15) is 19.4 Å². The summed E-state index contributed by atoms with van der Waals surface area (Å²) in [6.45, 7) is 6.76. The molecule has 2 aromatic carbocycles. The Bertz CT molecular complexity index is 909. The van der Waals surface area contributed by atoms with Crippen LogP contribution < -0.4 is 5.32 Å². The lowest BCUT2D eigenvalue weighted by molar-refractivity contribution is -0.116. The molecule has 0 fully saturated rings. The number of rotatable bonds is 7. The zero-order valence-corrected chi connectivity index (χ0v) is 14.8. The minimum absolute atomic E-state index is 0.101. The lowest BCUT2D eigenvalue weighted by Crippen LogP contribution is -2.25. The molecule has 0 bridgehead atoms. The second-order valence-corrected chi connectivity index (χ2v) is 5.86. The van der Waals surface area contributed by atoms with Crippen LogP contribution in [0.4, 0.5) is 0 Å². The van der Waals surface area contributed by atoms with E-state index in [0.29, 0.717) is 19.8 Å². The van der Waals surface area contributed by atoms with Gasteiger partial charge in [-0.2, -0.15) is 0 Å². The third kappa shape index (κ3) is 3.74. The van der Waals surface area contributed by atoms with Crippen LogP contribution in [-0.4, -0.2) is 30.2 Å². The predicted molar refractivity (Wildman–Crippen MR) is 104 cm³/mol. The summed E-state index contributed by atoms with van der Waals surface area (Å²) in [7, 11) is 0. The van der Waals surface area contributed by atoms with Crippen LogP contribution in [0, 0.1) is 0 Å². The fourth-order valence-corrected chi connectivity index (χ4v) is 3.14. The van der Waals surface area contributed by atoms with E-state index in [2.05, 4.69) is 59.3 Å². The van der Waals surface area contributed by atoms with Crippen molar-refractivity contribution in [2.75, 3.05) is 19.8 Å². The number of benzene rings is 2. The monoisotopic (exact) mass is 336 g/mol. The van der Waals surface area contributed by atoms with Crippen molar-refractivity contribution in [3.05, 3.63) is 54.1 Å². The van der Waals surface area contributed by atoms with Gasteiger partial charge in [-0.3, -0.25) is 4.79 Å². The van der Waals surface area contributed by atoms with Crippen molar-refractivity contribution < 1.29 is 9.53 Å². The average Bonchev–Trinajstić information content (AvgIpc) is 2.96. The maximum absolute atomic E-state index is 11.8. The molecule has 1 heterocycles. The van der Waals surface area contributed by atoms with Gasteiger partial charge in [-0.05, 0) is 43.7 Å². The third-order valence-corrected chi connectivity index (χ3v) is 4.29. The Morgan fingerprint density at radius 3 is 2.72 bits per heavy atom. The maximum atomic E-state index is 11.8. The van der Waals surface area contributed by atoms with Crippen molar-refractivity contribution in [2.45, 2.75) is 20.4 Å². The molecule has 0 atom stereocenters. The number of ether oxygens (including phenoxy) is 1. The van der Waals surface area contributed by atoms with Crippen molar-refractivity contribution in [3.8, 4) is 0 Å². The topological polar surface area (TPSA) is 43.3 Å². The summed E-state index contributed by atoms with van der Waals surface area (Å²) < 4.78 is 7.53. The Balaban J connectivity index is 1.83. The molecular formula is C21H24N2O2. The van der Waals surface area contributed by atoms with Crippen LogP contribution in [0.2, 0.25) is 0 Å². The first-order valence-corrected chi connectivity index (χ1v) is 8.79. The van der Waals surface area contributed by atoms with Gasteiger partial charge in [-0.15, -0.1) is 0 Å². The number of nitrogens with zero attached hydrogens (tertiary/aromatic N) is 1. The fraction of sp³-hybridized carbons (Fsp3) is 0.286. The number of fused-ring (bicyclic) bond motifs is 3. The largest absolute Gasteiger partial charge is 0.380 e. The highest BCUT2D eigenvalue weighted by Crippen LogP contribution is 2.29. The van der Waals surface area contributed by atoms with Crippen LogP contribution in [0.3, 0.4) is 0 Å². The Morgan fingerprint density at radius 1 is 1.12 bits per heavy atom. The van der Waals surface area contributed by atoms with E-state index in [1.807, 2.05) is 13.0 Å². The number of aromatic nitrogens is 1. The first-order chi connectivity index (χ1) is 12.2. The van der Waals surface area contributed by atoms with Gasteiger partial charge in [0.1, 0.15) is 0 Å². The fourth-order valence-electron chi connectivity index (χ4n) is 3.14. The molecule has 1 N–H and O–H groups in total. The Morgan fingerprint density at radius 2 is 1.92 bits per heavy atom. The number of hydrogen-bond donors (Lipinski definition) is 1. The van der Waals surface area contributed by atoms with Gasteiger partial charge < -0.3 is 14.6 Å². The molecule has 3 aromatic rings.